The molecule has 8 heteroatoms. The van der Waals surface area contributed by atoms with Gasteiger partial charge in [-0.05, 0) is 55.7 Å². The molecule has 1 rings (SSSR count). The van der Waals surface area contributed by atoms with E-state index in [0.717, 1.165) is 0 Å². The highest BCUT2D eigenvalue weighted by atomic mass is 127. The topological polar surface area (TPSA) is 102 Å². The monoisotopic (exact) mass is 451 g/mol. The van der Waals surface area contributed by atoms with E-state index in [9.17, 15) is 14.4 Å². The first-order valence-electron chi connectivity index (χ1n) is 7.90. The van der Waals surface area contributed by atoms with Crippen LogP contribution >= 0.6 is 22.6 Å². The third-order valence-electron chi connectivity index (χ3n) is 3.78. The second-order valence-electron chi connectivity index (χ2n) is 6.90. The Hall–Kier alpha value is -1.06. The van der Waals surface area contributed by atoms with E-state index in [1.54, 1.807) is 33.6 Å². The van der Waals surface area contributed by atoms with Gasteiger partial charge < -0.3 is 20.7 Å². The number of alkyl halides is 1. The Labute approximate surface area is 157 Å². The maximum absolute atomic E-state index is 13.0. The lowest BCUT2D eigenvalue weighted by Crippen LogP contribution is -2.59. The molecule has 7 nitrogen and oxygen atoms in total. The van der Waals surface area contributed by atoms with Crippen molar-refractivity contribution in [2.24, 2.45) is 11.7 Å². The van der Waals surface area contributed by atoms with Gasteiger partial charge in [0.15, 0.2) is 3.55 Å². The largest absolute Gasteiger partial charge is 0.444 e. The molecule has 0 aromatic heterocycles. The van der Waals surface area contributed by atoms with Crippen LogP contribution in [0.15, 0.2) is 0 Å². The van der Waals surface area contributed by atoms with Crippen molar-refractivity contribution in [2.45, 2.75) is 56.2 Å². The summed E-state index contributed by atoms with van der Waals surface area (Å²) in [6.07, 6.45) is 3.34. The van der Waals surface area contributed by atoms with Crippen molar-refractivity contribution in [3.05, 3.63) is 12.8 Å². The van der Waals surface area contributed by atoms with E-state index >= 15 is 0 Å². The fourth-order valence-electron chi connectivity index (χ4n) is 2.29. The molecule has 1 aliphatic heterocycles. The number of rotatable bonds is 5. The number of primary amides is 1. The van der Waals surface area contributed by atoms with Gasteiger partial charge in [-0.1, -0.05) is 20.3 Å². The Kier molecular flexibility index (Phi) is 6.89. The van der Waals surface area contributed by atoms with Crippen LogP contribution in [0.3, 0.4) is 0 Å². The first-order chi connectivity index (χ1) is 10.9. The van der Waals surface area contributed by atoms with Crippen LogP contribution in [0.5, 0.6) is 0 Å². The molecule has 2 radical (unpaired) electrons. The zero-order valence-electron chi connectivity index (χ0n) is 14.8. The first kappa shape index (κ1) is 21.0. The number of alkyl carbamates (subject to hydrolysis) is 1. The summed E-state index contributed by atoms with van der Waals surface area (Å²) in [5, 5.41) is 2.64. The van der Waals surface area contributed by atoms with Gasteiger partial charge in [0.2, 0.25) is 5.91 Å². The highest BCUT2D eigenvalue weighted by Gasteiger charge is 2.49. The normalized spacial score (nSPS) is 23.5. The molecule has 0 bridgehead atoms. The van der Waals surface area contributed by atoms with E-state index in [2.05, 4.69) is 5.32 Å². The predicted molar refractivity (Wildman–Crippen MR) is 98.9 cm³/mol. The third kappa shape index (κ3) is 4.97. The van der Waals surface area contributed by atoms with E-state index in [-0.39, 0.29) is 18.4 Å². The summed E-state index contributed by atoms with van der Waals surface area (Å²) >= 11 is 1.86. The molecule has 0 aromatic carbocycles. The third-order valence-corrected chi connectivity index (χ3v) is 5.26. The van der Waals surface area contributed by atoms with Crippen LogP contribution in [0.25, 0.3) is 0 Å². The van der Waals surface area contributed by atoms with Gasteiger partial charge in [-0.3, -0.25) is 9.59 Å². The van der Waals surface area contributed by atoms with Crippen LogP contribution in [0.1, 0.15) is 41.0 Å². The smallest absolute Gasteiger partial charge is 0.408 e. The first-order valence-corrected chi connectivity index (χ1v) is 8.97. The predicted octanol–water partition coefficient (Wildman–Crippen LogP) is 1.79. The number of hydrogen-bond acceptors (Lipinski definition) is 4. The molecule has 24 heavy (non-hydrogen) atoms. The van der Waals surface area contributed by atoms with Gasteiger partial charge in [0.1, 0.15) is 11.6 Å². The summed E-state index contributed by atoms with van der Waals surface area (Å²) in [6, 6.07) is -0.793. The van der Waals surface area contributed by atoms with E-state index in [0.29, 0.717) is 6.42 Å². The number of nitrogens with zero attached hydrogens (tertiary/aromatic N) is 1. The summed E-state index contributed by atoms with van der Waals surface area (Å²) in [4.78, 5) is 38.2. The number of carbonyl (C=O) groups excluding carboxylic acids is 3. The van der Waals surface area contributed by atoms with E-state index in [1.165, 1.54) is 4.90 Å². The van der Waals surface area contributed by atoms with Gasteiger partial charge >= 0.3 is 6.09 Å². The molecule has 136 valence electrons. The number of halogens is 1. The van der Waals surface area contributed by atoms with Crippen LogP contribution in [-0.2, 0) is 14.3 Å². The minimum absolute atomic E-state index is 0.126. The minimum atomic E-state index is -1.21. The average molecular weight is 451 g/mol. The van der Waals surface area contributed by atoms with Gasteiger partial charge in [0.25, 0.3) is 5.91 Å². The quantitative estimate of drug-likeness (QED) is 0.378. The van der Waals surface area contributed by atoms with Crippen LogP contribution < -0.4 is 11.1 Å². The van der Waals surface area contributed by atoms with Crippen LogP contribution in [0.4, 0.5) is 4.79 Å². The fourth-order valence-corrected chi connectivity index (χ4v) is 2.98. The van der Waals surface area contributed by atoms with Gasteiger partial charge in [0, 0.05) is 13.0 Å². The van der Waals surface area contributed by atoms with Crippen LogP contribution in [-0.4, -0.2) is 44.5 Å². The zero-order valence-corrected chi connectivity index (χ0v) is 16.9. The molecule has 3 atom stereocenters. The van der Waals surface area contributed by atoms with Gasteiger partial charge in [-0.2, -0.15) is 0 Å². The Morgan fingerprint density at radius 1 is 1.42 bits per heavy atom. The number of ether oxygens (including phenoxy) is 1. The summed E-state index contributed by atoms with van der Waals surface area (Å²) in [5.41, 5.74) is 4.79. The van der Waals surface area contributed by atoms with Gasteiger partial charge in [-0.25, -0.2) is 4.79 Å². The molecule has 1 heterocycles. The minimum Gasteiger partial charge on any atom is -0.444 e. The maximum Gasteiger partial charge on any atom is 0.408 e. The molecule has 0 aliphatic carbocycles. The standard InChI is InChI=1S/C16H26IN3O4/c1-6-10(2)11(19-14(23)24-15(3,4)5)12(21)20-9-7-8-16(20,17)13(18)22/h7-8,10-11H,6,9H2,1-5H3,(H2,18,22)(H,19,23)/t10?,11-,16+/m0/s1. The van der Waals surface area contributed by atoms with Crippen molar-refractivity contribution < 1.29 is 19.1 Å². The number of hydrogen-bond donors (Lipinski definition) is 2. The van der Waals surface area contributed by atoms with Crippen molar-refractivity contribution >= 4 is 40.5 Å². The summed E-state index contributed by atoms with van der Waals surface area (Å²) in [5.74, 6) is -1.10. The molecule has 1 saturated heterocycles. The Morgan fingerprint density at radius 2 is 2.00 bits per heavy atom. The van der Waals surface area contributed by atoms with E-state index in [4.69, 9.17) is 10.5 Å². The van der Waals surface area contributed by atoms with E-state index < -0.39 is 27.2 Å². The number of likely N-dealkylation sites (tertiary alicyclic amines) is 1. The SMILES string of the molecule is CCC(C)[C@H](NC(=O)OC(C)(C)C)C(=O)N1C[CH][CH][C@]1(I)C(N)=O. The molecule has 1 aliphatic rings. The molecule has 0 aromatic rings. The summed E-state index contributed by atoms with van der Waals surface area (Å²) in [7, 11) is 0. The van der Waals surface area contributed by atoms with Crippen molar-refractivity contribution in [1.29, 1.82) is 0 Å². The molecule has 3 amide bonds. The zero-order chi connectivity index (χ0) is 18.7. The Bertz CT molecular complexity index is 506. The van der Waals surface area contributed by atoms with Crippen LogP contribution in [0.2, 0.25) is 0 Å². The maximum atomic E-state index is 13.0. The fraction of sp³-hybridized carbons (Fsp3) is 0.688. The van der Waals surface area contributed by atoms with Crippen molar-refractivity contribution in [1.82, 2.24) is 10.2 Å². The Morgan fingerprint density at radius 3 is 2.46 bits per heavy atom. The average Bonchev–Trinajstić information content (AvgIpc) is 2.84. The number of nitrogens with two attached hydrogens (primary N) is 1. The van der Waals surface area contributed by atoms with Crippen molar-refractivity contribution in [2.75, 3.05) is 6.54 Å². The number of nitrogens with one attached hydrogen (secondary N) is 1. The summed E-state index contributed by atoms with van der Waals surface area (Å²) < 4.78 is 4.03. The van der Waals surface area contributed by atoms with Crippen molar-refractivity contribution in [3.63, 3.8) is 0 Å². The summed E-state index contributed by atoms with van der Waals surface area (Å²) in [6.45, 7) is 9.31. The molecule has 0 spiro atoms. The number of amides is 3. The molecule has 3 N–H and O–H groups in total. The molecule has 0 saturated carbocycles. The molecule has 1 fully saturated rings. The van der Waals surface area contributed by atoms with Gasteiger partial charge in [-0.15, -0.1) is 0 Å². The second-order valence-corrected chi connectivity index (χ2v) is 8.54. The molecule has 1 unspecified atom stereocenters. The molecular weight excluding hydrogens is 425 g/mol. The highest BCUT2D eigenvalue weighted by Crippen LogP contribution is 2.35. The van der Waals surface area contributed by atoms with Crippen LogP contribution in [0, 0.1) is 18.8 Å². The lowest BCUT2D eigenvalue weighted by atomic mass is 9.97. The molecular formula is C16H26IN3O4. The lowest BCUT2D eigenvalue weighted by molar-refractivity contribution is -0.140. The second kappa shape index (κ2) is 7.88. The highest BCUT2D eigenvalue weighted by molar-refractivity contribution is 14.1. The van der Waals surface area contributed by atoms with E-state index in [1.807, 2.05) is 36.4 Å². The van der Waals surface area contributed by atoms with Crippen molar-refractivity contribution in [3.8, 4) is 0 Å². The lowest BCUT2D eigenvalue weighted by Gasteiger charge is -2.35. The number of carbonyl (C=O) groups is 3. The van der Waals surface area contributed by atoms with Gasteiger partial charge in [0.05, 0.1) is 0 Å². The Balaban J connectivity index is 2.98.